The van der Waals surface area contributed by atoms with Gasteiger partial charge >= 0.3 is 17.6 Å². The van der Waals surface area contributed by atoms with Crippen LogP contribution in [0.5, 0.6) is 23.0 Å². The first-order valence-corrected chi connectivity index (χ1v) is 14.1. The number of carbonyl (C=O) groups excluding carboxylic acids is 2. The van der Waals surface area contributed by atoms with Crippen molar-refractivity contribution in [1.82, 2.24) is 4.57 Å². The van der Waals surface area contributed by atoms with Crippen molar-refractivity contribution in [3.8, 4) is 23.0 Å². The number of rotatable bonds is 11. The van der Waals surface area contributed by atoms with E-state index in [0.29, 0.717) is 11.3 Å². The monoisotopic (exact) mass is 627 g/mol. The second-order valence-electron chi connectivity index (χ2n) is 9.15. The summed E-state index contributed by atoms with van der Waals surface area (Å²) < 4.78 is 27.8. The summed E-state index contributed by atoms with van der Waals surface area (Å²) in [7, 11) is 2.48. The number of phenolic OH excluding ortho intramolecular Hbond substituents is 1. The molecule has 0 amide bonds. The number of aromatic hydroxyl groups is 1. The Labute approximate surface area is 254 Å². The summed E-state index contributed by atoms with van der Waals surface area (Å²) in [6.07, 6.45) is 1.41. The van der Waals surface area contributed by atoms with E-state index < -0.39 is 39.9 Å². The molecule has 1 N–H and O–H groups in total. The lowest BCUT2D eigenvalue weighted by Gasteiger charge is -2.25. The number of methoxy groups -OCH3 is 2. The first kappa shape index (κ1) is 31.7. The maximum absolute atomic E-state index is 13.9. The molecule has 1 aliphatic heterocycles. The van der Waals surface area contributed by atoms with Gasteiger partial charge in [0, 0.05) is 6.07 Å². The Morgan fingerprint density at radius 1 is 1.11 bits per heavy atom. The van der Waals surface area contributed by atoms with Gasteiger partial charge in [-0.25, -0.2) is 14.6 Å². The minimum atomic E-state index is -0.995. The van der Waals surface area contributed by atoms with Crippen LogP contribution in [0.1, 0.15) is 37.9 Å². The molecule has 2 aromatic carbocycles. The van der Waals surface area contributed by atoms with E-state index in [2.05, 4.69) is 9.73 Å². The van der Waals surface area contributed by atoms with E-state index in [1.54, 1.807) is 39.0 Å². The molecule has 232 valence electrons. The van der Waals surface area contributed by atoms with Gasteiger partial charge in [0.15, 0.2) is 28.7 Å². The average Bonchev–Trinajstić information content (AvgIpc) is 3.29. The van der Waals surface area contributed by atoms with Crippen LogP contribution in [-0.2, 0) is 19.1 Å². The van der Waals surface area contributed by atoms with E-state index in [1.807, 2.05) is 0 Å². The summed E-state index contributed by atoms with van der Waals surface area (Å²) in [4.78, 5) is 54.4. The van der Waals surface area contributed by atoms with Crippen molar-refractivity contribution in [3.05, 3.63) is 82.5 Å². The fraction of sp³-hybridized carbons (Fsp3) is 0.310. The molecule has 4 rings (SSSR count). The number of hydrogen-bond donors (Lipinski definition) is 1. The van der Waals surface area contributed by atoms with Crippen LogP contribution >= 0.6 is 11.3 Å². The molecule has 0 saturated heterocycles. The van der Waals surface area contributed by atoms with Gasteiger partial charge in [-0.2, -0.15) is 0 Å². The van der Waals surface area contributed by atoms with Crippen LogP contribution in [-0.4, -0.2) is 60.6 Å². The van der Waals surface area contributed by atoms with Crippen molar-refractivity contribution in [3.63, 3.8) is 0 Å². The summed E-state index contributed by atoms with van der Waals surface area (Å²) >= 11 is 1.01. The number of nitrogens with zero attached hydrogens (tertiary/aromatic N) is 3. The maximum Gasteiger partial charge on any atom is 0.343 e. The van der Waals surface area contributed by atoms with Crippen molar-refractivity contribution < 1.29 is 43.3 Å². The van der Waals surface area contributed by atoms with E-state index >= 15 is 0 Å². The minimum Gasteiger partial charge on any atom is -0.500 e. The second-order valence-corrected chi connectivity index (χ2v) is 10.2. The predicted molar refractivity (Wildman–Crippen MR) is 157 cm³/mol. The van der Waals surface area contributed by atoms with Crippen molar-refractivity contribution in [2.24, 2.45) is 4.99 Å². The number of thiazole rings is 1. The van der Waals surface area contributed by atoms with Crippen molar-refractivity contribution in [1.29, 1.82) is 0 Å². The highest BCUT2D eigenvalue weighted by Gasteiger charge is 2.34. The van der Waals surface area contributed by atoms with Crippen LogP contribution in [0, 0.1) is 10.1 Å². The minimum absolute atomic E-state index is 0.0821. The number of allylic oxidation sites excluding steroid dienone is 1. The fourth-order valence-corrected chi connectivity index (χ4v) is 5.57. The third-order valence-corrected chi connectivity index (χ3v) is 7.45. The quantitative estimate of drug-likeness (QED) is 0.187. The van der Waals surface area contributed by atoms with Gasteiger partial charge in [-0.1, -0.05) is 17.4 Å². The fourth-order valence-electron chi connectivity index (χ4n) is 4.53. The summed E-state index contributed by atoms with van der Waals surface area (Å²) in [5.74, 6) is -1.55. The summed E-state index contributed by atoms with van der Waals surface area (Å²) in [5, 5.41) is 21.7. The zero-order valence-corrected chi connectivity index (χ0v) is 25.3. The molecule has 14 nitrogen and oxygen atoms in total. The smallest absolute Gasteiger partial charge is 0.343 e. The van der Waals surface area contributed by atoms with E-state index in [-0.39, 0.29) is 57.5 Å². The molecule has 0 bridgehead atoms. The van der Waals surface area contributed by atoms with Crippen molar-refractivity contribution in [2.75, 3.05) is 34.0 Å². The largest absolute Gasteiger partial charge is 0.500 e. The van der Waals surface area contributed by atoms with Crippen LogP contribution < -0.4 is 29.1 Å². The Kier molecular flexibility index (Phi) is 9.68. The maximum atomic E-state index is 13.9. The van der Waals surface area contributed by atoms with Gasteiger partial charge in [-0.15, -0.1) is 0 Å². The number of esters is 2. The standard InChI is InChI=1S/C29H29N3O11S/c1-6-41-20-13-17(8-9-19(20)43-14-23(33)40-5)25-24(28(36)42-7-2)15(3)30-29-31(25)27(35)22(44-29)12-16-10-18(32(37)38)26(34)21(11-16)39-4/h8-13,25,34H,6-7,14H2,1-5H3/b22-12-/t25-/m1/s1. The molecule has 1 atom stereocenters. The number of phenols is 1. The molecule has 0 fully saturated rings. The summed E-state index contributed by atoms with van der Waals surface area (Å²) in [5.41, 5.74) is 0.00279. The van der Waals surface area contributed by atoms with E-state index in [4.69, 9.17) is 18.9 Å². The lowest BCUT2D eigenvalue weighted by atomic mass is 9.95. The number of hydrogen-bond acceptors (Lipinski definition) is 13. The lowest BCUT2D eigenvalue weighted by Crippen LogP contribution is -2.40. The molecule has 0 saturated carbocycles. The second kappa shape index (κ2) is 13.4. The highest BCUT2D eigenvalue weighted by Crippen LogP contribution is 2.38. The van der Waals surface area contributed by atoms with Gasteiger partial charge in [0.2, 0.25) is 5.75 Å². The van der Waals surface area contributed by atoms with Gasteiger partial charge < -0.3 is 28.8 Å². The number of aromatic nitrogens is 1. The number of benzene rings is 2. The number of ether oxygens (including phenoxy) is 5. The molecule has 0 radical (unpaired) electrons. The number of nitro benzene ring substituents is 1. The molecule has 0 unspecified atom stereocenters. The van der Waals surface area contributed by atoms with Crippen LogP contribution in [0.2, 0.25) is 0 Å². The zero-order chi connectivity index (χ0) is 32.1. The number of carbonyl (C=O) groups is 2. The van der Waals surface area contributed by atoms with E-state index in [1.165, 1.54) is 30.9 Å². The SMILES string of the molecule is CCOC(=O)C1=C(C)N=c2s/c(=C\c3cc(OC)c(O)c([N+](=O)[O-])c3)c(=O)n2[C@@H]1c1ccc(OCC(=O)OC)c(OCC)c1. The molecule has 15 heteroatoms. The zero-order valence-electron chi connectivity index (χ0n) is 24.4. The molecular formula is C29H29N3O11S. The number of nitro groups is 1. The Hall–Kier alpha value is -5.18. The third-order valence-electron chi connectivity index (χ3n) is 6.47. The lowest BCUT2D eigenvalue weighted by molar-refractivity contribution is -0.386. The van der Waals surface area contributed by atoms with Crippen LogP contribution in [0.4, 0.5) is 5.69 Å². The summed E-state index contributed by atoms with van der Waals surface area (Å²) in [6.45, 7) is 5.02. The van der Waals surface area contributed by atoms with Gasteiger partial charge in [0.05, 0.1) is 54.2 Å². The van der Waals surface area contributed by atoms with Gasteiger partial charge in [-0.05, 0) is 56.2 Å². The third kappa shape index (κ3) is 6.27. The Morgan fingerprint density at radius 2 is 1.86 bits per heavy atom. The van der Waals surface area contributed by atoms with Gasteiger partial charge in [-0.3, -0.25) is 19.5 Å². The first-order chi connectivity index (χ1) is 21.0. The highest BCUT2D eigenvalue weighted by atomic mass is 32.1. The Bertz CT molecular complexity index is 1840. The molecule has 1 aromatic heterocycles. The van der Waals surface area contributed by atoms with Crippen molar-refractivity contribution >= 4 is 35.0 Å². The molecular weight excluding hydrogens is 598 g/mol. The van der Waals surface area contributed by atoms with Crippen molar-refractivity contribution in [2.45, 2.75) is 26.8 Å². The molecule has 3 aromatic rings. The molecule has 0 spiro atoms. The highest BCUT2D eigenvalue weighted by molar-refractivity contribution is 7.07. The van der Waals surface area contributed by atoms with Gasteiger partial charge in [0.25, 0.3) is 5.56 Å². The molecule has 2 heterocycles. The Morgan fingerprint density at radius 3 is 2.50 bits per heavy atom. The molecule has 1 aliphatic rings. The average molecular weight is 628 g/mol. The van der Waals surface area contributed by atoms with Crippen LogP contribution in [0.25, 0.3) is 6.08 Å². The van der Waals surface area contributed by atoms with E-state index in [0.717, 1.165) is 17.4 Å². The summed E-state index contributed by atoms with van der Waals surface area (Å²) in [6, 6.07) is 6.26. The Balaban J connectivity index is 1.93. The predicted octanol–water partition coefficient (Wildman–Crippen LogP) is 2.37. The van der Waals surface area contributed by atoms with Crippen LogP contribution in [0.3, 0.4) is 0 Å². The topological polar surface area (TPSA) is 178 Å². The van der Waals surface area contributed by atoms with Gasteiger partial charge in [0.1, 0.15) is 0 Å². The first-order valence-electron chi connectivity index (χ1n) is 13.3. The molecule has 0 aliphatic carbocycles. The normalized spacial score (nSPS) is 14.4. The van der Waals surface area contributed by atoms with Crippen LogP contribution in [0.15, 0.2) is 51.4 Å². The number of fused-ring (bicyclic) bond motifs is 1. The van der Waals surface area contributed by atoms with E-state index in [9.17, 15) is 29.6 Å². The molecule has 44 heavy (non-hydrogen) atoms.